The van der Waals surface area contributed by atoms with Gasteiger partial charge in [0.15, 0.2) is 11.5 Å². The molecule has 9 heteroatoms. The van der Waals surface area contributed by atoms with Gasteiger partial charge in [-0.05, 0) is 56.0 Å². The van der Waals surface area contributed by atoms with Gasteiger partial charge in [0.05, 0.1) is 30.5 Å². The number of rotatable bonds is 9. The molecule has 0 spiro atoms. The topological polar surface area (TPSA) is 80.8 Å². The molecule has 1 N–H and O–H groups in total. The Morgan fingerprint density at radius 3 is 2.81 bits per heavy atom. The fourth-order valence-electron chi connectivity index (χ4n) is 4.28. The van der Waals surface area contributed by atoms with Gasteiger partial charge < -0.3 is 19.7 Å². The summed E-state index contributed by atoms with van der Waals surface area (Å²) in [4.78, 5) is 33.2. The molecule has 4 rings (SSSR count). The van der Waals surface area contributed by atoms with Crippen molar-refractivity contribution in [3.8, 4) is 11.5 Å². The maximum Gasteiger partial charge on any atom is 0.257 e. The van der Waals surface area contributed by atoms with Crippen molar-refractivity contribution in [2.24, 2.45) is 0 Å². The van der Waals surface area contributed by atoms with E-state index in [0.29, 0.717) is 31.1 Å². The van der Waals surface area contributed by atoms with Crippen LogP contribution in [-0.2, 0) is 17.8 Å². The summed E-state index contributed by atoms with van der Waals surface area (Å²) in [6, 6.07) is 10.6. The highest BCUT2D eigenvalue weighted by atomic mass is 32.1. The van der Waals surface area contributed by atoms with Crippen LogP contribution in [0.2, 0.25) is 0 Å². The van der Waals surface area contributed by atoms with E-state index in [9.17, 15) is 14.0 Å². The maximum absolute atomic E-state index is 14.5. The number of nitrogens with one attached hydrogen (secondary N) is 1. The lowest BCUT2D eigenvalue weighted by atomic mass is 10.0. The van der Waals surface area contributed by atoms with Crippen molar-refractivity contribution in [3.63, 3.8) is 0 Å². The Kier molecular flexibility index (Phi) is 8.53. The normalized spacial score (nSPS) is 15.6. The Morgan fingerprint density at radius 2 is 2.06 bits per heavy atom. The number of aryl methyl sites for hydroxylation is 1. The third-order valence-electron chi connectivity index (χ3n) is 6.26. The van der Waals surface area contributed by atoms with Gasteiger partial charge in [-0.1, -0.05) is 18.2 Å². The average molecular weight is 512 g/mol. The molecule has 0 saturated carbocycles. The van der Waals surface area contributed by atoms with Gasteiger partial charge in [-0.25, -0.2) is 9.37 Å². The van der Waals surface area contributed by atoms with Gasteiger partial charge in [-0.2, -0.15) is 0 Å². The number of carbonyl (C=O) groups excluding carboxylic acids is 2. The van der Waals surface area contributed by atoms with Crippen LogP contribution < -0.4 is 14.8 Å². The molecule has 1 saturated heterocycles. The average Bonchev–Trinajstić information content (AvgIpc) is 3.17. The highest BCUT2D eigenvalue weighted by Crippen LogP contribution is 2.30. The molecule has 0 radical (unpaired) electrons. The summed E-state index contributed by atoms with van der Waals surface area (Å²) >= 11 is 1.60. The molecule has 1 fully saturated rings. The van der Waals surface area contributed by atoms with Crippen LogP contribution in [0.3, 0.4) is 0 Å². The van der Waals surface area contributed by atoms with Crippen molar-refractivity contribution in [3.05, 3.63) is 75.5 Å². The first-order chi connectivity index (χ1) is 17.5. The van der Waals surface area contributed by atoms with Crippen LogP contribution >= 0.6 is 11.3 Å². The van der Waals surface area contributed by atoms with Crippen LogP contribution in [0.5, 0.6) is 11.5 Å². The number of aromatic nitrogens is 1. The van der Waals surface area contributed by atoms with Gasteiger partial charge in [-0.3, -0.25) is 9.59 Å². The summed E-state index contributed by atoms with van der Waals surface area (Å²) in [5.74, 6) is -0.240. The van der Waals surface area contributed by atoms with Crippen molar-refractivity contribution < 1.29 is 23.5 Å². The van der Waals surface area contributed by atoms with Crippen molar-refractivity contribution in [1.82, 2.24) is 15.2 Å². The number of nitrogens with zero attached hydrogens (tertiary/aromatic N) is 2. The zero-order valence-corrected chi connectivity index (χ0v) is 21.3. The highest BCUT2D eigenvalue weighted by molar-refractivity contribution is 7.09. The lowest BCUT2D eigenvalue weighted by molar-refractivity contribution is -0.125. The summed E-state index contributed by atoms with van der Waals surface area (Å²) in [6.07, 6.45) is 2.88. The van der Waals surface area contributed by atoms with Gasteiger partial charge in [0.25, 0.3) is 5.91 Å². The van der Waals surface area contributed by atoms with Crippen LogP contribution in [-0.4, -0.2) is 48.0 Å². The van der Waals surface area contributed by atoms with E-state index >= 15 is 0 Å². The third kappa shape index (κ3) is 6.02. The molecule has 2 aromatic carbocycles. The molecule has 2 heterocycles. The van der Waals surface area contributed by atoms with Crippen LogP contribution in [0.4, 0.5) is 4.39 Å². The third-order valence-corrected chi connectivity index (χ3v) is 7.25. The fourth-order valence-corrected chi connectivity index (χ4v) is 5.04. The summed E-state index contributed by atoms with van der Waals surface area (Å²) in [5, 5.41) is 2.88. The number of ether oxygens (including phenoxy) is 2. The quantitative estimate of drug-likeness (QED) is 0.457. The number of hydrogen-bond donors (Lipinski definition) is 1. The Balaban J connectivity index is 1.55. The minimum atomic E-state index is -0.691. The van der Waals surface area contributed by atoms with E-state index < -0.39 is 17.8 Å². The molecule has 1 aliphatic rings. The van der Waals surface area contributed by atoms with Crippen molar-refractivity contribution in [1.29, 1.82) is 0 Å². The van der Waals surface area contributed by atoms with Crippen LogP contribution in [0.15, 0.2) is 48.0 Å². The number of benzene rings is 2. The second-order valence-corrected chi connectivity index (χ2v) is 9.60. The molecule has 1 aromatic heterocycles. The second-order valence-electron chi connectivity index (χ2n) is 8.66. The first-order valence-electron chi connectivity index (χ1n) is 12.0. The Labute approximate surface area is 214 Å². The standard InChI is InChI=1S/C27H30FN3O4S/c1-18-25(36-17-30-18)12-14-35-23-11-10-19(15-24(23)34-2)16-31(22-9-5-6-13-29-26(22)32)27(33)20-7-3-4-8-21(20)28/h3-4,7-8,10-11,15,17,22H,5-6,9,12-14,16H2,1-2H3,(H,29,32)/t22-/m0/s1. The minimum Gasteiger partial charge on any atom is -0.493 e. The fraction of sp³-hybridized carbons (Fsp3) is 0.370. The highest BCUT2D eigenvalue weighted by Gasteiger charge is 2.32. The smallest absolute Gasteiger partial charge is 0.257 e. The van der Waals surface area contributed by atoms with Gasteiger partial charge in [0, 0.05) is 24.4 Å². The molecule has 1 aliphatic heterocycles. The monoisotopic (exact) mass is 511 g/mol. The first kappa shape index (κ1) is 25.6. The van der Waals surface area contributed by atoms with E-state index in [0.717, 1.165) is 30.5 Å². The van der Waals surface area contributed by atoms with Crippen LogP contribution in [0.1, 0.15) is 45.8 Å². The summed E-state index contributed by atoms with van der Waals surface area (Å²) < 4.78 is 26.0. The Morgan fingerprint density at radius 1 is 1.22 bits per heavy atom. The molecule has 0 unspecified atom stereocenters. The number of hydrogen-bond acceptors (Lipinski definition) is 6. The molecule has 7 nitrogen and oxygen atoms in total. The molecule has 0 aliphatic carbocycles. The van der Waals surface area contributed by atoms with Crippen molar-refractivity contribution >= 4 is 23.2 Å². The second kappa shape index (κ2) is 12.0. The van der Waals surface area contributed by atoms with Crippen LogP contribution in [0.25, 0.3) is 0 Å². The molecule has 2 amide bonds. The molecule has 0 bridgehead atoms. The summed E-state index contributed by atoms with van der Waals surface area (Å²) in [6.45, 7) is 3.14. The van der Waals surface area contributed by atoms with Gasteiger partial charge in [-0.15, -0.1) is 11.3 Å². The SMILES string of the molecule is COc1cc(CN(C(=O)c2ccccc2F)[C@H]2CCCCNC2=O)ccc1OCCc1scnc1C. The number of halogens is 1. The van der Waals surface area contributed by atoms with Crippen molar-refractivity contribution in [2.45, 2.75) is 45.2 Å². The van der Waals surface area contributed by atoms with Gasteiger partial charge in [0.1, 0.15) is 11.9 Å². The predicted octanol–water partition coefficient (Wildman–Crippen LogP) is 4.53. The largest absolute Gasteiger partial charge is 0.493 e. The Hall–Kier alpha value is -3.46. The first-order valence-corrected chi connectivity index (χ1v) is 12.9. The Bertz CT molecular complexity index is 1220. The van der Waals surface area contributed by atoms with E-state index in [4.69, 9.17) is 9.47 Å². The van der Waals surface area contributed by atoms with E-state index in [1.165, 1.54) is 28.0 Å². The van der Waals surface area contributed by atoms with Gasteiger partial charge >= 0.3 is 0 Å². The van der Waals surface area contributed by atoms with Gasteiger partial charge in [0.2, 0.25) is 5.91 Å². The summed E-state index contributed by atoms with van der Waals surface area (Å²) in [5.41, 5.74) is 3.52. The predicted molar refractivity (Wildman–Crippen MR) is 136 cm³/mol. The zero-order chi connectivity index (χ0) is 25.5. The zero-order valence-electron chi connectivity index (χ0n) is 20.5. The molecular weight excluding hydrogens is 481 g/mol. The van der Waals surface area contributed by atoms with E-state index in [1.54, 1.807) is 36.6 Å². The number of amides is 2. The van der Waals surface area contributed by atoms with E-state index in [-0.39, 0.29) is 18.0 Å². The van der Waals surface area contributed by atoms with Crippen molar-refractivity contribution in [2.75, 3.05) is 20.3 Å². The summed E-state index contributed by atoms with van der Waals surface area (Å²) in [7, 11) is 1.56. The minimum absolute atomic E-state index is 0.0557. The molecular formula is C27H30FN3O4S. The number of methoxy groups -OCH3 is 1. The van der Waals surface area contributed by atoms with E-state index in [1.807, 2.05) is 18.5 Å². The lowest BCUT2D eigenvalue weighted by Gasteiger charge is -2.30. The molecule has 36 heavy (non-hydrogen) atoms. The van der Waals surface area contributed by atoms with E-state index in [2.05, 4.69) is 10.3 Å². The molecule has 190 valence electrons. The number of thiazole rings is 1. The van der Waals surface area contributed by atoms with Crippen LogP contribution in [0, 0.1) is 12.7 Å². The molecule has 3 aromatic rings. The maximum atomic E-state index is 14.5. The number of carbonyl (C=O) groups is 2. The lowest BCUT2D eigenvalue weighted by Crippen LogP contribution is -2.48. The molecule has 1 atom stereocenters.